The fourth-order valence-electron chi connectivity index (χ4n) is 3.96. The lowest BCUT2D eigenvalue weighted by atomic mass is 10.1. The number of unbranched alkanes of at least 4 members (excludes halogenated alkanes) is 6. The Balaban J connectivity index is 1.57. The van der Waals surface area contributed by atoms with Crippen molar-refractivity contribution in [1.82, 2.24) is 29.6 Å². The molecular formula is C29H46N6O4. The van der Waals surface area contributed by atoms with E-state index < -0.39 is 12.2 Å². The van der Waals surface area contributed by atoms with Crippen molar-refractivity contribution in [2.75, 3.05) is 55.4 Å². The van der Waals surface area contributed by atoms with E-state index in [2.05, 4.69) is 33.9 Å². The van der Waals surface area contributed by atoms with Gasteiger partial charge in [0.25, 0.3) is 0 Å². The monoisotopic (exact) mass is 542 g/mol. The van der Waals surface area contributed by atoms with Crippen LogP contribution in [-0.4, -0.2) is 97.1 Å². The first-order valence-electron chi connectivity index (χ1n) is 13.7. The number of carbonyl (C=O) groups excluding carboxylic acids is 2. The summed E-state index contributed by atoms with van der Waals surface area (Å²) in [6.45, 7) is 3.23. The van der Waals surface area contributed by atoms with Crippen LogP contribution in [0.4, 0.5) is 9.59 Å². The summed E-state index contributed by atoms with van der Waals surface area (Å²) in [5, 5.41) is 0. The summed E-state index contributed by atoms with van der Waals surface area (Å²) in [6.07, 6.45) is 11.0. The number of hydrogen-bond donors (Lipinski definition) is 0. The third-order valence-corrected chi connectivity index (χ3v) is 6.24. The fourth-order valence-corrected chi connectivity index (χ4v) is 3.96. The minimum Gasteiger partial charge on any atom is -0.408 e. The molecule has 0 aromatic carbocycles. The number of nitrogens with zero attached hydrogens (tertiary/aromatic N) is 6. The van der Waals surface area contributed by atoms with Crippen molar-refractivity contribution in [3.8, 4) is 11.5 Å². The molecule has 10 nitrogen and oxygen atoms in total. The molecular weight excluding hydrogens is 496 g/mol. The minimum absolute atomic E-state index is 0.399. The number of rotatable bonds is 16. The molecule has 0 aliphatic carbocycles. The average molecular weight is 543 g/mol. The van der Waals surface area contributed by atoms with E-state index in [-0.39, 0.29) is 0 Å². The first kappa shape index (κ1) is 32.0. The van der Waals surface area contributed by atoms with Crippen LogP contribution in [0.25, 0.3) is 0 Å². The van der Waals surface area contributed by atoms with Crippen molar-refractivity contribution in [1.29, 1.82) is 0 Å². The summed E-state index contributed by atoms with van der Waals surface area (Å²) in [4.78, 5) is 39.9. The number of hydrogen-bond acceptors (Lipinski definition) is 8. The van der Waals surface area contributed by atoms with E-state index in [0.717, 1.165) is 37.3 Å². The van der Waals surface area contributed by atoms with Gasteiger partial charge in [0.05, 0.1) is 11.4 Å². The van der Waals surface area contributed by atoms with Crippen LogP contribution in [0.2, 0.25) is 0 Å². The summed E-state index contributed by atoms with van der Waals surface area (Å²) in [5.41, 5.74) is 1.54. The van der Waals surface area contributed by atoms with Crippen molar-refractivity contribution in [2.45, 2.75) is 58.0 Å². The highest BCUT2D eigenvalue weighted by atomic mass is 16.6. The third kappa shape index (κ3) is 12.4. The predicted molar refractivity (Wildman–Crippen MR) is 153 cm³/mol. The molecule has 0 unspecified atom stereocenters. The van der Waals surface area contributed by atoms with Crippen molar-refractivity contribution in [3.05, 3.63) is 48.0 Å². The highest BCUT2D eigenvalue weighted by Gasteiger charge is 2.14. The molecule has 0 saturated heterocycles. The highest BCUT2D eigenvalue weighted by molar-refractivity contribution is 5.70. The zero-order valence-corrected chi connectivity index (χ0v) is 24.6. The quantitative estimate of drug-likeness (QED) is 0.277. The molecule has 0 aliphatic rings. The van der Waals surface area contributed by atoms with Gasteiger partial charge in [-0.15, -0.1) is 0 Å². The molecule has 0 radical (unpaired) electrons. The number of amides is 2. The maximum absolute atomic E-state index is 11.9. The molecule has 0 atom stereocenters. The second-order valence-electron chi connectivity index (χ2n) is 10.4. The molecule has 2 aromatic heterocycles. The van der Waals surface area contributed by atoms with E-state index in [4.69, 9.17) is 9.47 Å². The van der Waals surface area contributed by atoms with Gasteiger partial charge in [-0.25, -0.2) is 9.59 Å². The molecule has 216 valence electrons. The van der Waals surface area contributed by atoms with E-state index in [1.165, 1.54) is 41.9 Å². The van der Waals surface area contributed by atoms with Gasteiger partial charge in [0, 0.05) is 53.7 Å². The standard InChI is InChI=1S/C29H46N6O4/c1-32(2)28(36)38-26-16-14-18-30-24(26)22-34(5)20-12-10-8-7-9-11-13-21-35(6)23-25-27(17-15-19-31-25)39-29(37)33(3)4/h14-19H,7-13,20-23H2,1-6H3. The minimum atomic E-state index is -0.399. The fraction of sp³-hybridized carbons (Fsp3) is 0.586. The van der Waals surface area contributed by atoms with E-state index in [1.54, 1.807) is 64.8 Å². The zero-order chi connectivity index (χ0) is 28.6. The lowest BCUT2D eigenvalue weighted by molar-refractivity contribution is 0.169. The molecule has 2 heterocycles. The SMILES string of the molecule is CN(CCCCCCCCCN(C)Cc1ncccc1OC(=O)N(C)C)Cc1ncccc1OC(=O)N(C)C. The second-order valence-corrected chi connectivity index (χ2v) is 10.4. The third-order valence-electron chi connectivity index (χ3n) is 6.24. The molecule has 0 spiro atoms. The average Bonchev–Trinajstić information content (AvgIpc) is 2.89. The molecule has 2 amide bonds. The van der Waals surface area contributed by atoms with Crippen molar-refractivity contribution < 1.29 is 19.1 Å². The smallest absolute Gasteiger partial charge is 0.408 e. The van der Waals surface area contributed by atoms with Gasteiger partial charge in [0.2, 0.25) is 0 Å². The molecule has 2 rings (SSSR count). The van der Waals surface area contributed by atoms with Gasteiger partial charge >= 0.3 is 12.2 Å². The van der Waals surface area contributed by atoms with Crippen LogP contribution in [0.1, 0.15) is 56.3 Å². The Hall–Kier alpha value is -3.24. The second kappa shape index (κ2) is 17.4. The van der Waals surface area contributed by atoms with Gasteiger partial charge in [-0.1, -0.05) is 32.1 Å². The zero-order valence-electron chi connectivity index (χ0n) is 24.6. The van der Waals surface area contributed by atoms with Crippen LogP contribution >= 0.6 is 0 Å². The Morgan fingerprint density at radius 2 is 0.974 bits per heavy atom. The van der Waals surface area contributed by atoms with Gasteiger partial charge in [-0.3, -0.25) is 9.97 Å². The van der Waals surface area contributed by atoms with Crippen LogP contribution in [0.5, 0.6) is 11.5 Å². The Morgan fingerprint density at radius 1 is 0.615 bits per heavy atom. The summed E-state index contributed by atoms with van der Waals surface area (Å²) in [5.74, 6) is 1.03. The van der Waals surface area contributed by atoms with Crippen LogP contribution in [-0.2, 0) is 13.1 Å². The maximum atomic E-state index is 11.9. The summed E-state index contributed by atoms with van der Waals surface area (Å²) in [7, 11) is 10.8. The molecule has 0 aliphatic heterocycles. The number of aromatic nitrogens is 2. The first-order valence-corrected chi connectivity index (χ1v) is 13.7. The number of carbonyl (C=O) groups is 2. The lowest BCUT2D eigenvalue weighted by Crippen LogP contribution is -2.26. The predicted octanol–water partition coefficient (Wildman–Crippen LogP) is 4.89. The molecule has 10 heteroatoms. The Kier molecular flexibility index (Phi) is 14.2. The van der Waals surface area contributed by atoms with Crippen LogP contribution in [0, 0.1) is 0 Å². The lowest BCUT2D eigenvalue weighted by Gasteiger charge is -2.19. The first-order chi connectivity index (χ1) is 18.7. The molecule has 39 heavy (non-hydrogen) atoms. The molecule has 0 N–H and O–H groups in total. The van der Waals surface area contributed by atoms with Crippen LogP contribution in [0.3, 0.4) is 0 Å². The van der Waals surface area contributed by atoms with Gasteiger partial charge in [-0.05, 0) is 64.3 Å². The van der Waals surface area contributed by atoms with E-state index in [0.29, 0.717) is 24.6 Å². The molecule has 0 bridgehead atoms. The maximum Gasteiger partial charge on any atom is 0.414 e. The summed E-state index contributed by atoms with van der Waals surface area (Å²) < 4.78 is 10.9. The Bertz CT molecular complexity index is 937. The van der Waals surface area contributed by atoms with Gasteiger partial charge in [-0.2, -0.15) is 0 Å². The Labute approximate surface area is 233 Å². The highest BCUT2D eigenvalue weighted by Crippen LogP contribution is 2.19. The van der Waals surface area contributed by atoms with E-state index in [9.17, 15) is 9.59 Å². The molecule has 0 fully saturated rings. The van der Waals surface area contributed by atoms with Crippen molar-refractivity contribution in [2.24, 2.45) is 0 Å². The normalized spacial score (nSPS) is 11.1. The number of ether oxygens (including phenoxy) is 2. The van der Waals surface area contributed by atoms with Gasteiger partial charge in [0.15, 0.2) is 11.5 Å². The van der Waals surface area contributed by atoms with Crippen molar-refractivity contribution in [3.63, 3.8) is 0 Å². The summed E-state index contributed by atoms with van der Waals surface area (Å²) >= 11 is 0. The van der Waals surface area contributed by atoms with E-state index >= 15 is 0 Å². The largest absolute Gasteiger partial charge is 0.414 e. The topological polar surface area (TPSA) is 91.3 Å². The van der Waals surface area contributed by atoms with Crippen LogP contribution < -0.4 is 9.47 Å². The van der Waals surface area contributed by atoms with Crippen LogP contribution in [0.15, 0.2) is 36.7 Å². The van der Waals surface area contributed by atoms with E-state index in [1.807, 2.05) is 0 Å². The number of pyridine rings is 2. The summed E-state index contributed by atoms with van der Waals surface area (Å²) in [6, 6.07) is 7.13. The van der Waals surface area contributed by atoms with Crippen molar-refractivity contribution >= 4 is 12.2 Å². The molecule has 2 aromatic rings. The molecule has 0 saturated carbocycles. The van der Waals surface area contributed by atoms with Gasteiger partial charge < -0.3 is 29.1 Å². The Morgan fingerprint density at radius 3 is 1.33 bits per heavy atom. The van der Waals surface area contributed by atoms with Gasteiger partial charge in [0.1, 0.15) is 0 Å².